The largest absolute Gasteiger partial charge is 0.379 e. The van der Waals surface area contributed by atoms with Gasteiger partial charge in [0.25, 0.3) is 11.8 Å². The summed E-state index contributed by atoms with van der Waals surface area (Å²) in [6.07, 6.45) is 0. The number of ether oxygens (including phenoxy) is 1. The van der Waals surface area contributed by atoms with Crippen LogP contribution in [0.3, 0.4) is 0 Å². The quantitative estimate of drug-likeness (QED) is 0.588. The predicted octanol–water partition coefficient (Wildman–Crippen LogP) is 3.12. The number of rotatable bonds is 9. The molecule has 2 aromatic rings. The maximum absolute atomic E-state index is 13.3. The molecule has 1 aromatic carbocycles. The fourth-order valence-corrected chi connectivity index (χ4v) is 4.87. The van der Waals surface area contributed by atoms with Gasteiger partial charge in [-0.15, -0.1) is 11.3 Å². The van der Waals surface area contributed by atoms with E-state index in [1.807, 2.05) is 41.8 Å². The average molecular weight is 455 g/mol. The van der Waals surface area contributed by atoms with Crippen molar-refractivity contribution >= 4 is 40.1 Å². The van der Waals surface area contributed by atoms with Crippen LogP contribution in [-0.2, 0) is 14.3 Å². The van der Waals surface area contributed by atoms with Gasteiger partial charge in [-0.25, -0.2) is 0 Å². The number of benzene rings is 1. The van der Waals surface area contributed by atoms with Gasteiger partial charge in [-0.1, -0.05) is 6.07 Å². The zero-order valence-electron chi connectivity index (χ0n) is 18.7. The van der Waals surface area contributed by atoms with E-state index in [4.69, 9.17) is 4.74 Å². The molecule has 8 heteroatoms. The van der Waals surface area contributed by atoms with Crippen LogP contribution in [0.1, 0.15) is 18.7 Å². The zero-order valence-corrected chi connectivity index (χ0v) is 19.5. The minimum absolute atomic E-state index is 0.229. The molecule has 0 bridgehead atoms. The molecule has 0 spiro atoms. The molecule has 0 saturated carbocycles. The standard InChI is InChI=1S/C24H30N4O3S/c1-3-27(4-2)19-9-7-18(8-10-19)25-22-21(20-6-5-17-32-20)23(29)28(24(22)30)12-11-26-13-15-31-16-14-26/h5-10,17,25H,3-4,11-16H2,1-2H3. The minimum Gasteiger partial charge on any atom is -0.379 e. The molecule has 32 heavy (non-hydrogen) atoms. The van der Waals surface area contributed by atoms with Gasteiger partial charge in [-0.05, 0) is 49.6 Å². The van der Waals surface area contributed by atoms with E-state index in [-0.39, 0.29) is 11.8 Å². The number of amides is 2. The molecule has 2 amide bonds. The lowest BCUT2D eigenvalue weighted by atomic mass is 10.1. The molecule has 2 aliphatic heterocycles. The van der Waals surface area contributed by atoms with Crippen LogP contribution in [0, 0.1) is 0 Å². The number of hydrogen-bond acceptors (Lipinski definition) is 7. The molecule has 7 nitrogen and oxygen atoms in total. The Morgan fingerprint density at radius 2 is 1.72 bits per heavy atom. The molecule has 170 valence electrons. The van der Waals surface area contributed by atoms with Crippen molar-refractivity contribution in [3.8, 4) is 0 Å². The molecule has 1 saturated heterocycles. The first kappa shape index (κ1) is 22.5. The van der Waals surface area contributed by atoms with Gasteiger partial charge in [0.2, 0.25) is 0 Å². The number of carbonyl (C=O) groups is 2. The van der Waals surface area contributed by atoms with Crippen LogP contribution in [0.4, 0.5) is 11.4 Å². The first-order valence-electron chi connectivity index (χ1n) is 11.2. The summed E-state index contributed by atoms with van der Waals surface area (Å²) in [7, 11) is 0. The molecule has 0 radical (unpaired) electrons. The van der Waals surface area contributed by atoms with Crippen LogP contribution in [0.15, 0.2) is 47.5 Å². The number of nitrogens with zero attached hydrogens (tertiary/aromatic N) is 3. The van der Waals surface area contributed by atoms with Crippen molar-refractivity contribution in [2.24, 2.45) is 0 Å². The van der Waals surface area contributed by atoms with Gasteiger partial charge in [0.05, 0.1) is 18.8 Å². The third-order valence-corrected chi connectivity index (χ3v) is 6.83. The van der Waals surface area contributed by atoms with Crippen LogP contribution in [0.2, 0.25) is 0 Å². The molecule has 1 fully saturated rings. The van der Waals surface area contributed by atoms with E-state index >= 15 is 0 Å². The van der Waals surface area contributed by atoms with Gasteiger partial charge in [0, 0.05) is 55.5 Å². The number of morpholine rings is 1. The number of anilines is 2. The van der Waals surface area contributed by atoms with Gasteiger partial charge >= 0.3 is 0 Å². The van der Waals surface area contributed by atoms with Gasteiger partial charge in [-0.3, -0.25) is 19.4 Å². The fourth-order valence-electron chi connectivity index (χ4n) is 4.10. The van der Waals surface area contributed by atoms with Crippen molar-refractivity contribution in [2.45, 2.75) is 13.8 Å². The number of imide groups is 1. The van der Waals surface area contributed by atoms with Gasteiger partial charge in [0.15, 0.2) is 0 Å². The van der Waals surface area contributed by atoms with Gasteiger partial charge in [-0.2, -0.15) is 0 Å². The van der Waals surface area contributed by atoms with E-state index in [2.05, 4.69) is 29.0 Å². The summed E-state index contributed by atoms with van der Waals surface area (Å²) >= 11 is 1.47. The maximum Gasteiger partial charge on any atom is 0.278 e. The van der Waals surface area contributed by atoms with E-state index in [1.165, 1.54) is 16.2 Å². The summed E-state index contributed by atoms with van der Waals surface area (Å²) < 4.78 is 5.39. The lowest BCUT2D eigenvalue weighted by Crippen LogP contribution is -2.43. The Hall–Kier alpha value is -2.68. The molecule has 3 heterocycles. The summed E-state index contributed by atoms with van der Waals surface area (Å²) in [5.41, 5.74) is 2.74. The molecular weight excluding hydrogens is 424 g/mol. The molecule has 1 aromatic heterocycles. The smallest absolute Gasteiger partial charge is 0.278 e. The lowest BCUT2D eigenvalue weighted by molar-refractivity contribution is -0.137. The van der Waals surface area contributed by atoms with Crippen LogP contribution in [0.5, 0.6) is 0 Å². The average Bonchev–Trinajstić information content (AvgIpc) is 3.42. The van der Waals surface area contributed by atoms with Gasteiger partial charge < -0.3 is 15.0 Å². The van der Waals surface area contributed by atoms with E-state index in [0.717, 1.165) is 42.4 Å². The molecule has 2 aliphatic rings. The van der Waals surface area contributed by atoms with Crippen LogP contribution in [0.25, 0.3) is 5.57 Å². The first-order chi connectivity index (χ1) is 15.6. The summed E-state index contributed by atoms with van der Waals surface area (Å²) in [6, 6.07) is 11.8. The normalized spacial score (nSPS) is 17.4. The summed E-state index contributed by atoms with van der Waals surface area (Å²) in [5.74, 6) is -0.493. The van der Waals surface area contributed by atoms with Crippen molar-refractivity contribution in [3.63, 3.8) is 0 Å². The first-order valence-corrected chi connectivity index (χ1v) is 12.1. The Morgan fingerprint density at radius 3 is 2.34 bits per heavy atom. The Labute approximate surface area is 193 Å². The topological polar surface area (TPSA) is 65.1 Å². The Morgan fingerprint density at radius 1 is 1.00 bits per heavy atom. The van der Waals surface area contributed by atoms with E-state index in [0.29, 0.717) is 37.6 Å². The fraction of sp³-hybridized carbons (Fsp3) is 0.417. The molecule has 1 N–H and O–H groups in total. The Balaban J connectivity index is 1.54. The highest BCUT2D eigenvalue weighted by atomic mass is 32.1. The molecule has 4 rings (SSSR count). The van der Waals surface area contributed by atoms with E-state index in [9.17, 15) is 9.59 Å². The second-order valence-electron chi connectivity index (χ2n) is 7.79. The van der Waals surface area contributed by atoms with Crippen LogP contribution in [-0.4, -0.2) is 74.1 Å². The lowest BCUT2D eigenvalue weighted by Gasteiger charge is -2.28. The second-order valence-corrected chi connectivity index (χ2v) is 8.74. The van der Waals surface area contributed by atoms with Crippen LogP contribution < -0.4 is 10.2 Å². The minimum atomic E-state index is -0.264. The van der Waals surface area contributed by atoms with Crippen molar-refractivity contribution in [2.75, 3.05) is 62.7 Å². The van der Waals surface area contributed by atoms with Crippen LogP contribution >= 0.6 is 11.3 Å². The molecule has 0 aliphatic carbocycles. The summed E-state index contributed by atoms with van der Waals surface area (Å²) in [5, 5.41) is 5.18. The van der Waals surface area contributed by atoms with Crippen molar-refractivity contribution in [1.82, 2.24) is 9.80 Å². The second kappa shape index (κ2) is 10.3. The van der Waals surface area contributed by atoms with Crippen molar-refractivity contribution in [1.29, 1.82) is 0 Å². The number of hydrogen-bond donors (Lipinski definition) is 1. The third kappa shape index (κ3) is 4.72. The molecule has 0 atom stereocenters. The van der Waals surface area contributed by atoms with Crippen molar-refractivity contribution < 1.29 is 14.3 Å². The van der Waals surface area contributed by atoms with E-state index in [1.54, 1.807) is 0 Å². The number of carbonyl (C=O) groups excluding carboxylic acids is 2. The predicted molar refractivity (Wildman–Crippen MR) is 129 cm³/mol. The highest BCUT2D eigenvalue weighted by Gasteiger charge is 2.39. The Bertz CT molecular complexity index is 962. The van der Waals surface area contributed by atoms with E-state index < -0.39 is 0 Å². The SMILES string of the molecule is CCN(CC)c1ccc(NC2=C(c3cccs3)C(=O)N(CCN3CCOCC3)C2=O)cc1. The number of nitrogens with one attached hydrogen (secondary N) is 1. The number of thiophene rings is 1. The highest BCUT2D eigenvalue weighted by Crippen LogP contribution is 2.33. The maximum atomic E-state index is 13.3. The summed E-state index contributed by atoms with van der Waals surface area (Å²) in [4.78, 5) is 33.2. The monoisotopic (exact) mass is 454 g/mol. The zero-order chi connectivity index (χ0) is 22.5. The summed E-state index contributed by atoms with van der Waals surface area (Å²) in [6.45, 7) is 10.2. The molecular formula is C24H30N4O3S. The molecule has 0 unspecified atom stereocenters. The third-order valence-electron chi connectivity index (χ3n) is 5.94. The van der Waals surface area contributed by atoms with Gasteiger partial charge in [0.1, 0.15) is 5.70 Å². The highest BCUT2D eigenvalue weighted by molar-refractivity contribution is 7.11. The Kier molecular flexibility index (Phi) is 7.24. The van der Waals surface area contributed by atoms with Crippen molar-refractivity contribution in [3.05, 3.63) is 52.4 Å².